The van der Waals surface area contributed by atoms with E-state index in [1.165, 1.54) is 19.8 Å². The van der Waals surface area contributed by atoms with Gasteiger partial charge >= 0.3 is 12.3 Å². The molecule has 0 heterocycles. The molecule has 9 heteroatoms. The Labute approximate surface area is 257 Å². The molecule has 0 radical (unpaired) electrons. The second-order valence-electron chi connectivity index (χ2n) is 14.4. The van der Waals surface area contributed by atoms with Gasteiger partial charge in [0.2, 0.25) is 0 Å². The minimum absolute atomic E-state index is 0.147. The monoisotopic (exact) mass is 606 g/mol. The van der Waals surface area contributed by atoms with Gasteiger partial charge in [-0.3, -0.25) is 0 Å². The van der Waals surface area contributed by atoms with E-state index in [1.54, 1.807) is 7.11 Å². The van der Waals surface area contributed by atoms with E-state index in [0.717, 1.165) is 31.3 Å². The van der Waals surface area contributed by atoms with E-state index in [2.05, 4.69) is 39.8 Å². The van der Waals surface area contributed by atoms with Crippen molar-refractivity contribution in [3.8, 4) is 0 Å². The Bertz CT molecular complexity index is 1080. The number of methoxy groups -OCH3 is 3. The standard InChI is InChI=1S/C34H54O9/c1-20(16-28(35)32(3,4)41-19-38-7)21(2)25-12-13-26-24-11-10-22-17-23(42-30(36)39-8)18-29(43-31(37)40-9)34(22,6)27(24)14-15-33(25,26)5/h10-11,20-21,23,25-29,35H,12-19H2,1-9H3/t20-,21-,23+,25+,26-,27-,28+,29-,33+,34-/m0/s1. The van der Waals surface area contributed by atoms with E-state index in [9.17, 15) is 14.7 Å². The first-order valence-corrected chi connectivity index (χ1v) is 15.9. The Morgan fingerprint density at radius 1 is 1.00 bits per heavy atom. The number of rotatable bonds is 10. The summed E-state index contributed by atoms with van der Waals surface area (Å²) in [7, 11) is 4.20. The van der Waals surface area contributed by atoms with E-state index >= 15 is 0 Å². The molecule has 1 N–H and O–H groups in total. The van der Waals surface area contributed by atoms with Gasteiger partial charge < -0.3 is 33.5 Å². The molecule has 4 aliphatic rings. The smallest absolute Gasteiger partial charge is 0.438 e. The average Bonchev–Trinajstić information content (AvgIpc) is 3.33. The summed E-state index contributed by atoms with van der Waals surface area (Å²) < 4.78 is 32.0. The maximum atomic E-state index is 12.4. The lowest BCUT2D eigenvalue weighted by Crippen LogP contribution is -2.54. The van der Waals surface area contributed by atoms with Crippen LogP contribution in [0.4, 0.5) is 9.59 Å². The number of allylic oxidation sites excluding steroid dienone is 3. The van der Waals surface area contributed by atoms with Crippen LogP contribution in [0.2, 0.25) is 0 Å². The fourth-order valence-electron chi connectivity index (χ4n) is 9.07. The van der Waals surface area contributed by atoms with Crippen LogP contribution < -0.4 is 0 Å². The number of fused-ring (bicyclic) bond motifs is 5. The predicted molar refractivity (Wildman–Crippen MR) is 161 cm³/mol. The van der Waals surface area contributed by atoms with Crippen LogP contribution in [-0.4, -0.2) is 69.5 Å². The fraction of sp³-hybridized carbons (Fsp3) is 0.824. The number of aliphatic hydroxyl groups is 1. The Kier molecular flexibility index (Phi) is 10.3. The lowest BCUT2D eigenvalue weighted by Gasteiger charge is -2.57. The molecule has 10 atom stereocenters. The highest BCUT2D eigenvalue weighted by Crippen LogP contribution is 2.66. The van der Waals surface area contributed by atoms with Crippen molar-refractivity contribution in [2.24, 2.45) is 40.4 Å². The molecular weight excluding hydrogens is 552 g/mol. The van der Waals surface area contributed by atoms with Crippen LogP contribution in [0.1, 0.15) is 86.5 Å². The number of aliphatic hydroxyl groups excluding tert-OH is 1. The van der Waals surface area contributed by atoms with Gasteiger partial charge in [-0.2, -0.15) is 0 Å². The van der Waals surface area contributed by atoms with Crippen molar-refractivity contribution in [1.82, 2.24) is 0 Å². The molecule has 4 aliphatic carbocycles. The molecule has 43 heavy (non-hydrogen) atoms. The Hall–Kier alpha value is -2.10. The van der Waals surface area contributed by atoms with Crippen molar-refractivity contribution in [3.63, 3.8) is 0 Å². The Balaban J connectivity index is 1.56. The summed E-state index contributed by atoms with van der Waals surface area (Å²) >= 11 is 0. The van der Waals surface area contributed by atoms with E-state index < -0.39 is 41.6 Å². The summed E-state index contributed by atoms with van der Waals surface area (Å²) in [6.45, 7) is 13.3. The minimum atomic E-state index is -0.731. The van der Waals surface area contributed by atoms with Crippen LogP contribution in [0.5, 0.6) is 0 Å². The molecule has 0 aliphatic heterocycles. The topological polar surface area (TPSA) is 110 Å². The molecule has 9 nitrogen and oxygen atoms in total. The van der Waals surface area contributed by atoms with Crippen LogP contribution in [0.3, 0.4) is 0 Å². The van der Waals surface area contributed by atoms with Crippen LogP contribution >= 0.6 is 0 Å². The average molecular weight is 607 g/mol. The van der Waals surface area contributed by atoms with Gasteiger partial charge in [0.05, 0.1) is 25.9 Å². The number of carbonyl (C=O) groups is 2. The summed E-state index contributed by atoms with van der Waals surface area (Å²) in [5.41, 5.74) is 1.66. The molecule has 3 saturated carbocycles. The van der Waals surface area contributed by atoms with Gasteiger partial charge in [-0.05, 0) is 81.0 Å². The molecular formula is C34H54O9. The van der Waals surface area contributed by atoms with Crippen molar-refractivity contribution in [2.75, 3.05) is 28.1 Å². The van der Waals surface area contributed by atoms with Crippen molar-refractivity contribution >= 4 is 12.3 Å². The zero-order chi connectivity index (χ0) is 31.7. The van der Waals surface area contributed by atoms with E-state index in [0.29, 0.717) is 42.9 Å². The molecule has 0 aromatic carbocycles. The van der Waals surface area contributed by atoms with Crippen molar-refractivity contribution in [3.05, 3.63) is 23.3 Å². The molecule has 0 aromatic heterocycles. The molecule has 0 amide bonds. The number of hydrogen-bond donors (Lipinski definition) is 1. The maximum absolute atomic E-state index is 12.4. The van der Waals surface area contributed by atoms with E-state index in [1.807, 2.05) is 13.8 Å². The molecule has 3 fully saturated rings. The van der Waals surface area contributed by atoms with Crippen molar-refractivity contribution < 1.29 is 43.1 Å². The lowest BCUT2D eigenvalue weighted by molar-refractivity contribution is -0.164. The SMILES string of the molecule is COCOC(C)(C)[C@H](O)C[C@H](C)[C@H](C)[C@H]1CC[C@H]2C3=CC=C4C[C@@H](OC(=O)OC)C[C@H](OC(=O)OC)[C@]4(C)[C@H]3CC[C@]12C. The Morgan fingerprint density at radius 3 is 2.33 bits per heavy atom. The molecule has 0 saturated heterocycles. The highest BCUT2D eigenvalue weighted by atomic mass is 16.7. The zero-order valence-corrected chi connectivity index (χ0v) is 27.6. The second kappa shape index (κ2) is 13.1. The maximum Gasteiger partial charge on any atom is 0.508 e. The third kappa shape index (κ3) is 6.36. The minimum Gasteiger partial charge on any atom is -0.438 e. The van der Waals surface area contributed by atoms with Gasteiger partial charge in [0.15, 0.2) is 0 Å². The first-order chi connectivity index (χ1) is 20.2. The normalized spacial score (nSPS) is 35.6. The van der Waals surface area contributed by atoms with Gasteiger partial charge in [-0.15, -0.1) is 0 Å². The molecule has 244 valence electrons. The van der Waals surface area contributed by atoms with Gasteiger partial charge in [0.1, 0.15) is 19.0 Å². The summed E-state index contributed by atoms with van der Waals surface area (Å²) in [5, 5.41) is 11.1. The van der Waals surface area contributed by atoms with Gasteiger partial charge in [-0.25, -0.2) is 9.59 Å². The fourth-order valence-corrected chi connectivity index (χ4v) is 9.07. The summed E-state index contributed by atoms with van der Waals surface area (Å²) in [5.74, 6) is 1.97. The summed E-state index contributed by atoms with van der Waals surface area (Å²) in [6, 6.07) is 0. The first kappa shape index (κ1) is 33.8. The number of hydrogen-bond acceptors (Lipinski definition) is 9. The van der Waals surface area contributed by atoms with Crippen LogP contribution in [-0.2, 0) is 28.4 Å². The van der Waals surface area contributed by atoms with Crippen molar-refractivity contribution in [2.45, 2.75) is 110 Å². The third-order valence-corrected chi connectivity index (χ3v) is 12.0. The van der Waals surface area contributed by atoms with Crippen LogP contribution in [0.15, 0.2) is 23.3 Å². The predicted octanol–water partition coefficient (Wildman–Crippen LogP) is 6.82. The highest BCUT2D eigenvalue weighted by Gasteiger charge is 2.60. The number of carbonyl (C=O) groups excluding carboxylic acids is 2. The van der Waals surface area contributed by atoms with E-state index in [4.69, 9.17) is 28.4 Å². The largest absolute Gasteiger partial charge is 0.508 e. The molecule has 4 rings (SSSR count). The quantitative estimate of drug-likeness (QED) is 0.212. The first-order valence-electron chi connectivity index (χ1n) is 15.9. The number of ether oxygens (including phenoxy) is 6. The van der Waals surface area contributed by atoms with Gasteiger partial charge in [0.25, 0.3) is 0 Å². The van der Waals surface area contributed by atoms with Crippen molar-refractivity contribution in [1.29, 1.82) is 0 Å². The van der Waals surface area contributed by atoms with Crippen LogP contribution in [0, 0.1) is 40.4 Å². The Morgan fingerprint density at radius 2 is 1.67 bits per heavy atom. The third-order valence-electron chi connectivity index (χ3n) is 12.0. The molecule has 0 bridgehead atoms. The summed E-state index contributed by atoms with van der Waals surface area (Å²) in [6.07, 6.45) is 7.55. The molecule has 0 aromatic rings. The second-order valence-corrected chi connectivity index (χ2v) is 14.4. The molecule has 0 spiro atoms. The zero-order valence-electron chi connectivity index (χ0n) is 27.6. The van der Waals surface area contributed by atoms with Crippen LogP contribution in [0.25, 0.3) is 0 Å². The van der Waals surface area contributed by atoms with E-state index in [-0.39, 0.29) is 18.1 Å². The molecule has 0 unspecified atom stereocenters. The van der Waals surface area contributed by atoms with Gasteiger partial charge in [-0.1, -0.05) is 51.0 Å². The highest BCUT2D eigenvalue weighted by molar-refractivity contribution is 5.61. The van der Waals surface area contributed by atoms with Gasteiger partial charge in [0, 0.05) is 25.4 Å². The lowest BCUT2D eigenvalue weighted by atomic mass is 9.49. The summed E-state index contributed by atoms with van der Waals surface area (Å²) in [4.78, 5) is 24.3.